The van der Waals surface area contributed by atoms with Crippen LogP contribution < -0.4 is 0 Å². The third kappa shape index (κ3) is 2.54. The Bertz CT molecular complexity index is 651. The molecule has 0 aromatic carbocycles. The van der Waals surface area contributed by atoms with E-state index in [0.717, 1.165) is 22.7 Å². The van der Waals surface area contributed by atoms with Gasteiger partial charge in [0, 0.05) is 24.4 Å². The van der Waals surface area contributed by atoms with Gasteiger partial charge in [-0.15, -0.1) is 11.3 Å². The van der Waals surface area contributed by atoms with E-state index in [4.69, 9.17) is 0 Å². The first-order valence-electron chi connectivity index (χ1n) is 6.75. The van der Waals surface area contributed by atoms with Gasteiger partial charge in [0.2, 0.25) is 5.91 Å². The molecule has 2 aromatic heterocycles. The van der Waals surface area contributed by atoms with Gasteiger partial charge in [0.15, 0.2) is 0 Å². The number of carbonyl (C=O) groups is 1. The number of rotatable bonds is 3. The summed E-state index contributed by atoms with van der Waals surface area (Å²) in [5, 5.41) is 2.16. The molecule has 1 aliphatic rings. The summed E-state index contributed by atoms with van der Waals surface area (Å²) in [5.74, 6) is 0.551. The lowest BCUT2D eigenvalue weighted by atomic mass is 9.97. The molecule has 2 heterocycles. The average Bonchev–Trinajstić information content (AvgIpc) is 2.83. The average molecular weight is 307 g/mol. The van der Waals surface area contributed by atoms with E-state index in [2.05, 4.69) is 9.97 Å². The van der Waals surface area contributed by atoms with Gasteiger partial charge in [0.25, 0.3) is 0 Å². The van der Waals surface area contributed by atoms with E-state index in [9.17, 15) is 4.79 Å². The lowest BCUT2D eigenvalue weighted by Gasteiger charge is -2.12. The Morgan fingerprint density at radius 2 is 2.15 bits per heavy atom. The fraction of sp³-hybridized carbons (Fsp3) is 0.500. The Morgan fingerprint density at radius 3 is 2.95 bits per heavy atom. The van der Waals surface area contributed by atoms with E-state index in [1.54, 1.807) is 36.7 Å². The lowest BCUT2D eigenvalue weighted by molar-refractivity contribution is -0.125. The summed E-state index contributed by atoms with van der Waals surface area (Å²) < 4.78 is 0. The molecule has 0 aliphatic heterocycles. The normalized spacial score (nSPS) is 14.3. The van der Waals surface area contributed by atoms with Gasteiger partial charge in [0.05, 0.1) is 5.75 Å². The summed E-state index contributed by atoms with van der Waals surface area (Å²) >= 11 is 3.32. The number of nitrogens with zero attached hydrogens (tertiary/aromatic N) is 3. The number of hydrogen-bond donors (Lipinski definition) is 0. The van der Waals surface area contributed by atoms with Crippen molar-refractivity contribution in [3.63, 3.8) is 0 Å². The molecular weight excluding hydrogens is 290 g/mol. The monoisotopic (exact) mass is 307 g/mol. The molecule has 0 N–H and O–H groups in total. The van der Waals surface area contributed by atoms with E-state index < -0.39 is 0 Å². The van der Waals surface area contributed by atoms with Gasteiger partial charge in [0.1, 0.15) is 16.2 Å². The highest BCUT2D eigenvalue weighted by molar-refractivity contribution is 8.00. The number of thiophene rings is 1. The van der Waals surface area contributed by atoms with Gasteiger partial charge in [-0.05, 0) is 31.2 Å². The number of amides is 1. The standard InChI is InChI=1S/C14H17N3OS2/c1-17(2)11(18)7-19-13-12-9-5-3-4-6-10(9)20-14(12)16-8-15-13/h8H,3-7H2,1-2H3. The molecule has 3 rings (SSSR count). The molecule has 0 fully saturated rings. The first kappa shape index (κ1) is 13.8. The molecule has 4 nitrogen and oxygen atoms in total. The molecule has 0 bridgehead atoms. The van der Waals surface area contributed by atoms with E-state index in [1.807, 2.05) is 0 Å². The van der Waals surface area contributed by atoms with Crippen molar-refractivity contribution in [3.05, 3.63) is 16.8 Å². The number of aromatic nitrogens is 2. The lowest BCUT2D eigenvalue weighted by Crippen LogP contribution is -2.23. The molecule has 6 heteroatoms. The Morgan fingerprint density at radius 1 is 1.35 bits per heavy atom. The van der Waals surface area contributed by atoms with Gasteiger partial charge in [-0.25, -0.2) is 9.97 Å². The molecule has 0 spiro atoms. The zero-order valence-electron chi connectivity index (χ0n) is 11.7. The molecule has 0 unspecified atom stereocenters. The smallest absolute Gasteiger partial charge is 0.232 e. The van der Waals surface area contributed by atoms with Crippen molar-refractivity contribution in [2.45, 2.75) is 30.7 Å². The van der Waals surface area contributed by atoms with Crippen molar-refractivity contribution in [2.75, 3.05) is 19.8 Å². The summed E-state index contributed by atoms with van der Waals surface area (Å²) in [6.45, 7) is 0. The van der Waals surface area contributed by atoms with Crippen molar-refractivity contribution in [2.24, 2.45) is 0 Å². The first-order chi connectivity index (χ1) is 9.66. The highest BCUT2D eigenvalue weighted by Crippen LogP contribution is 2.39. The topological polar surface area (TPSA) is 46.1 Å². The van der Waals surface area contributed by atoms with Crippen LogP contribution in [0.3, 0.4) is 0 Å². The summed E-state index contributed by atoms with van der Waals surface area (Å²) in [6, 6.07) is 0. The Kier molecular flexibility index (Phi) is 3.94. The van der Waals surface area contributed by atoms with Crippen molar-refractivity contribution in [1.82, 2.24) is 14.9 Å². The van der Waals surface area contributed by atoms with Gasteiger partial charge in [-0.2, -0.15) is 0 Å². The largest absolute Gasteiger partial charge is 0.348 e. The molecular formula is C14H17N3OS2. The number of fused-ring (bicyclic) bond motifs is 3. The molecule has 2 aromatic rings. The molecule has 1 amide bonds. The van der Waals surface area contributed by atoms with E-state index >= 15 is 0 Å². The second-order valence-corrected chi connectivity index (χ2v) is 7.19. The maximum Gasteiger partial charge on any atom is 0.232 e. The van der Waals surface area contributed by atoms with Crippen LogP contribution in [0.2, 0.25) is 0 Å². The third-order valence-corrected chi connectivity index (χ3v) is 5.72. The van der Waals surface area contributed by atoms with Crippen LogP contribution in [0, 0.1) is 0 Å². The van der Waals surface area contributed by atoms with Gasteiger partial charge in [-0.3, -0.25) is 4.79 Å². The molecule has 1 aliphatic carbocycles. The SMILES string of the molecule is CN(C)C(=O)CSc1ncnc2sc3c(c12)CCCC3. The van der Waals surface area contributed by atoms with Crippen LogP contribution in [0.1, 0.15) is 23.3 Å². The number of hydrogen-bond acceptors (Lipinski definition) is 5. The van der Waals surface area contributed by atoms with Crippen LogP contribution >= 0.6 is 23.1 Å². The fourth-order valence-electron chi connectivity index (χ4n) is 2.43. The van der Waals surface area contributed by atoms with Crippen molar-refractivity contribution < 1.29 is 4.79 Å². The second kappa shape index (κ2) is 5.69. The summed E-state index contributed by atoms with van der Waals surface area (Å²) in [7, 11) is 3.57. The Balaban J connectivity index is 1.94. The summed E-state index contributed by atoms with van der Waals surface area (Å²) in [6.07, 6.45) is 6.42. The highest BCUT2D eigenvalue weighted by atomic mass is 32.2. The molecule has 0 saturated heterocycles. The van der Waals surface area contributed by atoms with Crippen LogP contribution in [-0.4, -0.2) is 40.6 Å². The molecule has 20 heavy (non-hydrogen) atoms. The van der Waals surface area contributed by atoms with E-state index in [-0.39, 0.29) is 5.91 Å². The maximum atomic E-state index is 11.7. The maximum absolute atomic E-state index is 11.7. The number of thioether (sulfide) groups is 1. The van der Waals surface area contributed by atoms with E-state index in [1.165, 1.54) is 40.4 Å². The predicted molar refractivity (Wildman–Crippen MR) is 83.5 cm³/mol. The quantitative estimate of drug-likeness (QED) is 0.646. The van der Waals surface area contributed by atoms with Gasteiger partial charge < -0.3 is 4.90 Å². The highest BCUT2D eigenvalue weighted by Gasteiger charge is 2.20. The second-order valence-electron chi connectivity index (χ2n) is 5.15. The Hall–Kier alpha value is -1.14. The van der Waals surface area contributed by atoms with Crippen molar-refractivity contribution in [3.8, 4) is 0 Å². The molecule has 0 atom stereocenters. The van der Waals surface area contributed by atoms with Crippen LogP contribution in [0.4, 0.5) is 0 Å². The Labute approximate surface area is 126 Å². The van der Waals surface area contributed by atoms with Crippen molar-refractivity contribution in [1.29, 1.82) is 0 Å². The van der Waals surface area contributed by atoms with Gasteiger partial charge >= 0.3 is 0 Å². The zero-order valence-corrected chi connectivity index (χ0v) is 13.3. The number of carbonyl (C=O) groups excluding carboxylic acids is 1. The molecule has 106 valence electrons. The van der Waals surface area contributed by atoms with Gasteiger partial charge in [-0.1, -0.05) is 11.8 Å². The summed E-state index contributed by atoms with van der Waals surface area (Å²) in [5.41, 5.74) is 1.43. The zero-order chi connectivity index (χ0) is 14.1. The number of aryl methyl sites for hydroxylation is 2. The molecule has 0 saturated carbocycles. The summed E-state index contributed by atoms with van der Waals surface area (Å²) in [4.78, 5) is 24.7. The van der Waals surface area contributed by atoms with Crippen molar-refractivity contribution >= 4 is 39.2 Å². The van der Waals surface area contributed by atoms with Crippen LogP contribution in [0.25, 0.3) is 10.2 Å². The van der Waals surface area contributed by atoms with Crippen LogP contribution in [0.15, 0.2) is 11.4 Å². The van der Waals surface area contributed by atoms with E-state index in [0.29, 0.717) is 5.75 Å². The first-order valence-corrected chi connectivity index (χ1v) is 8.55. The minimum absolute atomic E-state index is 0.117. The van der Waals surface area contributed by atoms with Crippen LogP contribution in [-0.2, 0) is 17.6 Å². The minimum atomic E-state index is 0.117. The fourth-order valence-corrected chi connectivity index (χ4v) is 4.73. The minimum Gasteiger partial charge on any atom is -0.348 e. The predicted octanol–water partition coefficient (Wildman–Crippen LogP) is 2.75. The third-order valence-electron chi connectivity index (χ3n) is 3.55. The van der Waals surface area contributed by atoms with Crippen LogP contribution in [0.5, 0.6) is 0 Å². The molecule has 0 radical (unpaired) electrons.